The van der Waals surface area contributed by atoms with Crippen LogP contribution < -0.4 is 5.32 Å². The fraction of sp³-hybridized carbons (Fsp3) is 0.333. The smallest absolute Gasteiger partial charge is 0.234 e. The molecule has 0 bridgehead atoms. The molecule has 0 unspecified atom stereocenters. The van der Waals surface area contributed by atoms with Gasteiger partial charge in [0.15, 0.2) is 0 Å². The molecule has 2 rings (SSSR count). The Labute approximate surface area is 98.6 Å². The summed E-state index contributed by atoms with van der Waals surface area (Å²) in [6.07, 6.45) is 0. The van der Waals surface area contributed by atoms with E-state index < -0.39 is 0 Å². The zero-order valence-corrected chi connectivity index (χ0v) is 9.24. The van der Waals surface area contributed by atoms with Crippen LogP contribution in [0.1, 0.15) is 11.1 Å². The molecule has 1 heterocycles. The number of nitriles is 1. The molecule has 1 aliphatic rings. The fourth-order valence-electron chi connectivity index (χ4n) is 1.87. The Bertz CT molecular complexity index is 481. The number of hydrogen-bond donors (Lipinski definition) is 1. The second-order valence-corrected chi connectivity index (χ2v) is 3.97. The highest BCUT2D eigenvalue weighted by atomic mass is 19.1. The molecular formula is C12H12FN3O. The Kier molecular flexibility index (Phi) is 3.35. The first-order chi connectivity index (χ1) is 8.19. The molecule has 1 N–H and O–H groups in total. The van der Waals surface area contributed by atoms with E-state index in [1.54, 1.807) is 0 Å². The highest BCUT2D eigenvalue weighted by Gasteiger charge is 2.17. The highest BCUT2D eigenvalue weighted by molar-refractivity contribution is 5.78. The highest BCUT2D eigenvalue weighted by Crippen LogP contribution is 2.13. The van der Waals surface area contributed by atoms with Crippen LogP contribution in [0, 0.1) is 17.1 Å². The van der Waals surface area contributed by atoms with E-state index in [-0.39, 0.29) is 11.7 Å². The average Bonchev–Trinajstić information content (AvgIpc) is 2.29. The van der Waals surface area contributed by atoms with Crippen LogP contribution in [0.3, 0.4) is 0 Å². The Morgan fingerprint density at radius 3 is 3.06 bits per heavy atom. The van der Waals surface area contributed by atoms with E-state index in [0.717, 1.165) is 0 Å². The standard InChI is InChI=1S/C12H12FN3O/c13-11-2-1-9(6-14)10(5-11)7-16-4-3-15-12(17)8-16/h1-2,5H,3-4,7-8H2,(H,15,17). The van der Waals surface area contributed by atoms with Gasteiger partial charge in [-0.2, -0.15) is 5.26 Å². The summed E-state index contributed by atoms with van der Waals surface area (Å²) in [5.74, 6) is -0.397. The summed E-state index contributed by atoms with van der Waals surface area (Å²) in [4.78, 5) is 13.1. The van der Waals surface area contributed by atoms with Crippen LogP contribution in [0.2, 0.25) is 0 Å². The molecule has 1 aromatic rings. The van der Waals surface area contributed by atoms with Crippen molar-refractivity contribution < 1.29 is 9.18 Å². The monoisotopic (exact) mass is 233 g/mol. The van der Waals surface area contributed by atoms with Gasteiger partial charge >= 0.3 is 0 Å². The topological polar surface area (TPSA) is 56.1 Å². The second kappa shape index (κ2) is 4.93. The van der Waals surface area contributed by atoms with E-state index in [1.807, 2.05) is 11.0 Å². The summed E-state index contributed by atoms with van der Waals surface area (Å²) >= 11 is 0. The van der Waals surface area contributed by atoms with Gasteiger partial charge in [-0.05, 0) is 23.8 Å². The van der Waals surface area contributed by atoms with Crippen LogP contribution in [-0.4, -0.2) is 30.4 Å². The molecule has 0 aromatic heterocycles. The molecule has 1 aliphatic heterocycles. The number of carbonyl (C=O) groups excluding carboxylic acids is 1. The van der Waals surface area contributed by atoms with Gasteiger partial charge in [-0.3, -0.25) is 9.69 Å². The summed E-state index contributed by atoms with van der Waals surface area (Å²) in [5.41, 5.74) is 1.08. The van der Waals surface area contributed by atoms with Crippen molar-refractivity contribution in [1.82, 2.24) is 10.2 Å². The fourth-order valence-corrected chi connectivity index (χ4v) is 1.87. The number of rotatable bonds is 2. The Balaban J connectivity index is 2.15. The van der Waals surface area contributed by atoms with Crippen LogP contribution in [0.5, 0.6) is 0 Å². The van der Waals surface area contributed by atoms with E-state index >= 15 is 0 Å². The number of carbonyl (C=O) groups is 1. The maximum atomic E-state index is 13.1. The second-order valence-electron chi connectivity index (χ2n) is 3.97. The van der Waals surface area contributed by atoms with Gasteiger partial charge in [0.25, 0.3) is 0 Å². The first-order valence-electron chi connectivity index (χ1n) is 5.36. The quantitative estimate of drug-likeness (QED) is 0.815. The number of hydrogen-bond acceptors (Lipinski definition) is 3. The Hall–Kier alpha value is -1.93. The minimum absolute atomic E-state index is 0.0360. The van der Waals surface area contributed by atoms with Gasteiger partial charge < -0.3 is 5.32 Å². The molecule has 5 heteroatoms. The first kappa shape index (κ1) is 11.6. The third-order valence-corrected chi connectivity index (χ3v) is 2.70. The zero-order chi connectivity index (χ0) is 12.3. The number of nitrogens with zero attached hydrogens (tertiary/aromatic N) is 2. The molecular weight excluding hydrogens is 221 g/mol. The summed E-state index contributed by atoms with van der Waals surface area (Å²) in [7, 11) is 0. The molecule has 0 spiro atoms. The number of piperazine rings is 1. The normalized spacial score (nSPS) is 16.4. The van der Waals surface area contributed by atoms with Gasteiger partial charge in [-0.1, -0.05) is 0 Å². The van der Waals surface area contributed by atoms with Crippen molar-refractivity contribution in [3.63, 3.8) is 0 Å². The van der Waals surface area contributed by atoms with Crippen LogP contribution in [0.4, 0.5) is 4.39 Å². The molecule has 1 aromatic carbocycles. The number of amides is 1. The predicted octanol–water partition coefficient (Wildman–Crippen LogP) is 0.629. The summed E-state index contributed by atoms with van der Waals surface area (Å²) in [6.45, 7) is 2.03. The summed E-state index contributed by atoms with van der Waals surface area (Å²) in [5, 5.41) is 11.6. The molecule has 1 amide bonds. The molecule has 0 atom stereocenters. The molecule has 0 aliphatic carbocycles. The van der Waals surface area contributed by atoms with Crippen molar-refractivity contribution in [2.45, 2.75) is 6.54 Å². The molecule has 4 nitrogen and oxygen atoms in total. The van der Waals surface area contributed by atoms with Gasteiger partial charge in [-0.15, -0.1) is 0 Å². The van der Waals surface area contributed by atoms with Gasteiger partial charge in [0.2, 0.25) is 5.91 Å². The van der Waals surface area contributed by atoms with Crippen LogP contribution >= 0.6 is 0 Å². The van der Waals surface area contributed by atoms with E-state index in [2.05, 4.69) is 5.32 Å². The first-order valence-corrected chi connectivity index (χ1v) is 5.36. The summed E-state index contributed by atoms with van der Waals surface area (Å²) in [6, 6.07) is 6.12. The van der Waals surface area contributed by atoms with Gasteiger partial charge in [-0.25, -0.2) is 4.39 Å². The minimum atomic E-state index is -0.361. The van der Waals surface area contributed by atoms with Gasteiger partial charge in [0.05, 0.1) is 18.2 Å². The lowest BCUT2D eigenvalue weighted by Gasteiger charge is -2.26. The SMILES string of the molecule is N#Cc1ccc(F)cc1CN1CCNC(=O)C1. The third-order valence-electron chi connectivity index (χ3n) is 2.70. The van der Waals surface area contributed by atoms with Crippen molar-refractivity contribution in [3.8, 4) is 6.07 Å². The van der Waals surface area contributed by atoms with Gasteiger partial charge in [0, 0.05) is 19.6 Å². The predicted molar refractivity (Wildman–Crippen MR) is 59.4 cm³/mol. The maximum absolute atomic E-state index is 13.1. The van der Waals surface area contributed by atoms with Crippen molar-refractivity contribution >= 4 is 5.91 Å². The molecule has 0 saturated carbocycles. The van der Waals surface area contributed by atoms with Crippen molar-refractivity contribution in [1.29, 1.82) is 5.26 Å². The van der Waals surface area contributed by atoms with Gasteiger partial charge in [0.1, 0.15) is 5.82 Å². The molecule has 1 fully saturated rings. The summed E-state index contributed by atoms with van der Waals surface area (Å²) < 4.78 is 13.1. The Morgan fingerprint density at radius 2 is 2.35 bits per heavy atom. The lowest BCUT2D eigenvalue weighted by atomic mass is 10.1. The van der Waals surface area contributed by atoms with E-state index in [4.69, 9.17) is 5.26 Å². The molecule has 0 radical (unpaired) electrons. The van der Waals surface area contributed by atoms with E-state index in [0.29, 0.717) is 37.3 Å². The number of benzene rings is 1. The lowest BCUT2D eigenvalue weighted by Crippen LogP contribution is -2.47. The number of nitrogens with one attached hydrogen (secondary N) is 1. The van der Waals surface area contributed by atoms with Crippen LogP contribution in [-0.2, 0) is 11.3 Å². The van der Waals surface area contributed by atoms with Crippen molar-refractivity contribution in [3.05, 3.63) is 35.1 Å². The molecule has 17 heavy (non-hydrogen) atoms. The Morgan fingerprint density at radius 1 is 1.53 bits per heavy atom. The zero-order valence-electron chi connectivity index (χ0n) is 9.24. The molecule has 88 valence electrons. The molecule has 1 saturated heterocycles. The van der Waals surface area contributed by atoms with E-state index in [9.17, 15) is 9.18 Å². The number of halogens is 1. The van der Waals surface area contributed by atoms with Crippen LogP contribution in [0.25, 0.3) is 0 Å². The maximum Gasteiger partial charge on any atom is 0.234 e. The largest absolute Gasteiger partial charge is 0.354 e. The average molecular weight is 233 g/mol. The van der Waals surface area contributed by atoms with E-state index in [1.165, 1.54) is 18.2 Å². The third kappa shape index (κ3) is 2.80. The lowest BCUT2D eigenvalue weighted by molar-refractivity contribution is -0.124. The van der Waals surface area contributed by atoms with Crippen molar-refractivity contribution in [2.75, 3.05) is 19.6 Å². The van der Waals surface area contributed by atoms with Crippen LogP contribution in [0.15, 0.2) is 18.2 Å². The van der Waals surface area contributed by atoms with Crippen molar-refractivity contribution in [2.24, 2.45) is 0 Å². The minimum Gasteiger partial charge on any atom is -0.354 e.